The minimum atomic E-state index is 0.507. The summed E-state index contributed by atoms with van der Waals surface area (Å²) in [6.45, 7) is 3.27. The van der Waals surface area contributed by atoms with Crippen LogP contribution in [-0.2, 0) is 5.88 Å². The molecule has 3 heteroatoms. The molecule has 0 radical (unpaired) electrons. The molecule has 0 saturated heterocycles. The molecule has 1 aromatic heterocycles. The largest absolute Gasteiger partial charge is 0.359 e. The Morgan fingerprint density at radius 2 is 1.89 bits per heavy atom. The minimum absolute atomic E-state index is 0.507. The molecule has 102 valence electrons. The van der Waals surface area contributed by atoms with Crippen molar-refractivity contribution in [2.24, 2.45) is 0 Å². The summed E-state index contributed by atoms with van der Waals surface area (Å²) in [6, 6.07) is 8.37. The minimum Gasteiger partial charge on any atom is -0.359 e. The van der Waals surface area contributed by atoms with Gasteiger partial charge in [-0.25, -0.2) is 4.98 Å². The monoisotopic (exact) mass is 276 g/mol. The Balaban J connectivity index is 2.33. The third kappa shape index (κ3) is 3.19. The van der Waals surface area contributed by atoms with Crippen LogP contribution < -0.4 is 4.90 Å². The molecule has 19 heavy (non-hydrogen) atoms. The number of unbranched alkanes of at least 4 members (excludes halogenated alkanes) is 2. The van der Waals surface area contributed by atoms with E-state index in [4.69, 9.17) is 11.6 Å². The van der Waals surface area contributed by atoms with Crippen molar-refractivity contribution in [3.8, 4) is 0 Å². The lowest BCUT2D eigenvalue weighted by Gasteiger charge is -2.20. The number of hydrogen-bond acceptors (Lipinski definition) is 2. The molecule has 1 heterocycles. The van der Waals surface area contributed by atoms with Crippen molar-refractivity contribution < 1.29 is 0 Å². The molecule has 0 fully saturated rings. The fourth-order valence-electron chi connectivity index (χ4n) is 2.35. The smallest absolute Gasteiger partial charge is 0.136 e. The molecule has 2 rings (SSSR count). The summed E-state index contributed by atoms with van der Waals surface area (Å²) in [6.07, 6.45) is 5.62. The third-order valence-corrected chi connectivity index (χ3v) is 3.75. The van der Waals surface area contributed by atoms with Gasteiger partial charge in [-0.1, -0.05) is 44.0 Å². The molecule has 0 aliphatic heterocycles. The van der Waals surface area contributed by atoms with Crippen molar-refractivity contribution in [1.82, 2.24) is 4.98 Å². The van der Waals surface area contributed by atoms with E-state index in [0.717, 1.165) is 17.9 Å². The van der Waals surface area contributed by atoms with Crippen LogP contribution in [0.25, 0.3) is 10.8 Å². The van der Waals surface area contributed by atoms with Gasteiger partial charge in [0.05, 0.1) is 0 Å². The maximum atomic E-state index is 5.99. The summed E-state index contributed by atoms with van der Waals surface area (Å²) in [5.41, 5.74) is 1.10. The van der Waals surface area contributed by atoms with E-state index in [-0.39, 0.29) is 0 Å². The Morgan fingerprint density at radius 3 is 2.58 bits per heavy atom. The molecule has 0 atom stereocenters. The average molecular weight is 277 g/mol. The second-order valence-corrected chi connectivity index (χ2v) is 5.18. The summed E-state index contributed by atoms with van der Waals surface area (Å²) in [4.78, 5) is 6.84. The number of rotatable bonds is 6. The van der Waals surface area contributed by atoms with Crippen LogP contribution in [-0.4, -0.2) is 18.6 Å². The van der Waals surface area contributed by atoms with E-state index < -0.39 is 0 Å². The van der Waals surface area contributed by atoms with Gasteiger partial charge in [0.1, 0.15) is 5.82 Å². The number of alkyl halides is 1. The number of aromatic nitrogens is 1. The van der Waals surface area contributed by atoms with Gasteiger partial charge in [0.2, 0.25) is 0 Å². The summed E-state index contributed by atoms with van der Waals surface area (Å²) < 4.78 is 0. The molecule has 1 aromatic carbocycles. The van der Waals surface area contributed by atoms with Gasteiger partial charge in [0, 0.05) is 31.1 Å². The van der Waals surface area contributed by atoms with E-state index >= 15 is 0 Å². The summed E-state index contributed by atoms with van der Waals surface area (Å²) in [5.74, 6) is 1.56. The second-order valence-electron chi connectivity index (χ2n) is 4.91. The van der Waals surface area contributed by atoms with E-state index in [9.17, 15) is 0 Å². The Bertz CT molecular complexity index is 539. The van der Waals surface area contributed by atoms with E-state index in [2.05, 4.69) is 48.1 Å². The number of hydrogen-bond donors (Lipinski definition) is 0. The quantitative estimate of drug-likeness (QED) is 0.566. The van der Waals surface area contributed by atoms with Gasteiger partial charge in [-0.15, -0.1) is 11.6 Å². The summed E-state index contributed by atoms with van der Waals surface area (Å²) >= 11 is 5.99. The van der Waals surface area contributed by atoms with Crippen molar-refractivity contribution in [3.05, 3.63) is 36.0 Å². The first-order valence-corrected chi connectivity index (χ1v) is 7.45. The highest BCUT2D eigenvalue weighted by atomic mass is 35.5. The molecule has 0 saturated carbocycles. The van der Waals surface area contributed by atoms with E-state index in [1.165, 1.54) is 30.0 Å². The Hall–Kier alpha value is -1.28. The van der Waals surface area contributed by atoms with Gasteiger partial charge in [0.25, 0.3) is 0 Å². The predicted molar refractivity (Wildman–Crippen MR) is 84.1 cm³/mol. The van der Waals surface area contributed by atoms with Gasteiger partial charge < -0.3 is 4.90 Å². The number of benzene rings is 1. The highest BCUT2D eigenvalue weighted by Crippen LogP contribution is 2.27. The topological polar surface area (TPSA) is 16.1 Å². The van der Waals surface area contributed by atoms with Crippen LogP contribution in [0.4, 0.5) is 5.82 Å². The Labute approximate surface area is 120 Å². The predicted octanol–water partition coefficient (Wildman–Crippen LogP) is 4.60. The lowest BCUT2D eigenvalue weighted by molar-refractivity contribution is 0.702. The highest BCUT2D eigenvalue weighted by molar-refractivity contribution is 6.18. The van der Waals surface area contributed by atoms with Crippen molar-refractivity contribution in [1.29, 1.82) is 0 Å². The maximum absolute atomic E-state index is 5.99. The van der Waals surface area contributed by atoms with Crippen LogP contribution in [0, 0.1) is 0 Å². The van der Waals surface area contributed by atoms with Gasteiger partial charge in [-0.2, -0.15) is 0 Å². The van der Waals surface area contributed by atoms with Crippen molar-refractivity contribution in [3.63, 3.8) is 0 Å². The second kappa shape index (κ2) is 6.76. The zero-order valence-electron chi connectivity index (χ0n) is 11.7. The van der Waals surface area contributed by atoms with E-state index in [1.54, 1.807) is 0 Å². The maximum Gasteiger partial charge on any atom is 0.136 e. The van der Waals surface area contributed by atoms with Crippen LogP contribution in [0.3, 0.4) is 0 Å². The normalized spacial score (nSPS) is 10.9. The fourth-order valence-corrected chi connectivity index (χ4v) is 2.56. The highest BCUT2D eigenvalue weighted by Gasteiger charge is 2.09. The molecular formula is C16H21ClN2. The SMILES string of the molecule is CCCCCN(C)c1ncc(CCl)c2ccccc12. The molecule has 2 aromatic rings. The number of halogens is 1. The van der Waals surface area contributed by atoms with Crippen LogP contribution in [0.2, 0.25) is 0 Å². The van der Waals surface area contributed by atoms with Gasteiger partial charge in [-0.05, 0) is 17.4 Å². The first-order chi connectivity index (χ1) is 9.27. The molecule has 0 amide bonds. The van der Waals surface area contributed by atoms with Crippen molar-refractivity contribution in [2.75, 3.05) is 18.5 Å². The fraction of sp³-hybridized carbons (Fsp3) is 0.438. The molecular weight excluding hydrogens is 256 g/mol. The molecule has 0 bridgehead atoms. The lowest BCUT2D eigenvalue weighted by atomic mass is 10.1. The third-order valence-electron chi connectivity index (χ3n) is 3.46. The van der Waals surface area contributed by atoms with Gasteiger partial charge in [-0.3, -0.25) is 0 Å². The van der Waals surface area contributed by atoms with Crippen LogP contribution in [0.1, 0.15) is 31.7 Å². The summed E-state index contributed by atoms with van der Waals surface area (Å²) in [7, 11) is 2.12. The zero-order valence-corrected chi connectivity index (χ0v) is 12.5. The molecule has 0 aliphatic carbocycles. The molecule has 0 N–H and O–H groups in total. The lowest BCUT2D eigenvalue weighted by Crippen LogP contribution is -2.20. The zero-order chi connectivity index (χ0) is 13.7. The Morgan fingerprint density at radius 1 is 1.16 bits per heavy atom. The summed E-state index contributed by atoms with van der Waals surface area (Å²) in [5, 5.41) is 2.41. The molecule has 2 nitrogen and oxygen atoms in total. The molecule has 0 unspecified atom stereocenters. The standard InChI is InChI=1S/C16H21ClN2/c1-3-4-7-10-19(2)16-15-9-6-5-8-14(15)13(11-17)12-18-16/h5-6,8-9,12H,3-4,7,10-11H2,1-2H3. The average Bonchev–Trinajstić information content (AvgIpc) is 2.46. The van der Waals surface area contributed by atoms with Crippen molar-refractivity contribution >= 4 is 28.2 Å². The first-order valence-electron chi connectivity index (χ1n) is 6.91. The number of nitrogens with zero attached hydrogens (tertiary/aromatic N) is 2. The molecule has 0 aliphatic rings. The van der Waals surface area contributed by atoms with Gasteiger partial charge >= 0.3 is 0 Å². The molecule has 0 spiro atoms. The van der Waals surface area contributed by atoms with Crippen LogP contribution in [0.5, 0.6) is 0 Å². The van der Waals surface area contributed by atoms with Gasteiger partial charge in [0.15, 0.2) is 0 Å². The van der Waals surface area contributed by atoms with E-state index in [0.29, 0.717) is 5.88 Å². The van der Waals surface area contributed by atoms with E-state index in [1.807, 2.05) is 6.20 Å². The Kier molecular flexibility index (Phi) is 5.03. The number of fused-ring (bicyclic) bond motifs is 1. The van der Waals surface area contributed by atoms with Crippen LogP contribution in [0.15, 0.2) is 30.5 Å². The number of pyridine rings is 1. The first kappa shape index (κ1) is 14.1. The number of anilines is 1. The van der Waals surface area contributed by atoms with Crippen molar-refractivity contribution in [2.45, 2.75) is 32.1 Å². The van der Waals surface area contributed by atoms with Crippen LogP contribution >= 0.6 is 11.6 Å².